The molecule has 1 aliphatic rings. The van der Waals surface area contributed by atoms with Crippen LogP contribution in [0.5, 0.6) is 5.75 Å². The fourth-order valence-corrected chi connectivity index (χ4v) is 4.32. The van der Waals surface area contributed by atoms with Gasteiger partial charge in [-0.15, -0.1) is 11.8 Å². The van der Waals surface area contributed by atoms with Gasteiger partial charge >= 0.3 is 0 Å². The third-order valence-corrected chi connectivity index (χ3v) is 6.36. The highest BCUT2D eigenvalue weighted by atomic mass is 32.2. The van der Waals surface area contributed by atoms with Crippen LogP contribution < -0.4 is 26.0 Å². The molecule has 4 N–H and O–H groups in total. The minimum absolute atomic E-state index is 0.123. The zero-order valence-electron chi connectivity index (χ0n) is 20.4. The molecule has 3 aromatic rings. The molecule has 0 radical (unpaired) electrons. The van der Waals surface area contributed by atoms with Gasteiger partial charge in [0.1, 0.15) is 12.4 Å². The molecule has 0 bridgehead atoms. The molecule has 0 aliphatic carbocycles. The van der Waals surface area contributed by atoms with Gasteiger partial charge < -0.3 is 26.0 Å². The standard InChI is InChI=1S/C25H28N4O2S.C2H6/c1-27-21-4-3-5-22(20(21)15-26)29-12-13-31-24-14-18(8-11-23(24)29)25(30)28-16-17-6-9-19(32-2)10-7-17;1-2/h3-11,14,27H,12-13,15-16,26H2,1-2H3,(H,28,30);1-2H3. The van der Waals surface area contributed by atoms with Gasteiger partial charge in [0.2, 0.25) is 0 Å². The van der Waals surface area contributed by atoms with Gasteiger partial charge in [0.05, 0.1) is 12.2 Å². The first-order valence-corrected chi connectivity index (χ1v) is 12.8. The third-order valence-electron chi connectivity index (χ3n) is 5.61. The monoisotopic (exact) mass is 478 g/mol. The zero-order valence-corrected chi connectivity index (χ0v) is 21.2. The zero-order chi connectivity index (χ0) is 24.5. The summed E-state index contributed by atoms with van der Waals surface area (Å²) in [5, 5.41) is 6.21. The van der Waals surface area contributed by atoms with Crippen LogP contribution in [0.25, 0.3) is 0 Å². The van der Waals surface area contributed by atoms with Crippen molar-refractivity contribution in [3.63, 3.8) is 0 Å². The number of carbonyl (C=O) groups is 1. The number of thioether (sulfide) groups is 1. The van der Waals surface area contributed by atoms with Gasteiger partial charge in [-0.2, -0.15) is 0 Å². The fourth-order valence-electron chi connectivity index (χ4n) is 3.92. The molecule has 0 atom stereocenters. The first kappa shape index (κ1) is 25.5. The largest absolute Gasteiger partial charge is 0.490 e. The quantitative estimate of drug-likeness (QED) is 0.395. The van der Waals surface area contributed by atoms with E-state index >= 15 is 0 Å². The number of fused-ring (bicyclic) bond motifs is 1. The van der Waals surface area contributed by atoms with E-state index in [9.17, 15) is 4.79 Å². The Labute approximate surface area is 206 Å². The molecule has 0 fully saturated rings. The average Bonchev–Trinajstić information content (AvgIpc) is 2.91. The predicted molar refractivity (Wildman–Crippen MR) is 144 cm³/mol. The second-order valence-electron chi connectivity index (χ2n) is 7.47. The Kier molecular flexibility index (Phi) is 9.24. The van der Waals surface area contributed by atoms with Crippen molar-refractivity contribution < 1.29 is 9.53 Å². The summed E-state index contributed by atoms with van der Waals surface area (Å²) in [5.74, 6) is 0.577. The van der Waals surface area contributed by atoms with Gasteiger partial charge in [0.25, 0.3) is 5.91 Å². The highest BCUT2D eigenvalue weighted by Crippen LogP contribution is 2.40. The normalized spacial score (nSPS) is 12.1. The second-order valence-corrected chi connectivity index (χ2v) is 8.35. The number of anilines is 3. The van der Waals surface area contributed by atoms with Crippen LogP contribution in [-0.2, 0) is 13.1 Å². The van der Waals surface area contributed by atoms with Gasteiger partial charge in [0.15, 0.2) is 0 Å². The van der Waals surface area contributed by atoms with Crippen LogP contribution in [0.1, 0.15) is 35.3 Å². The molecule has 3 aromatic carbocycles. The summed E-state index contributed by atoms with van der Waals surface area (Å²) in [6.07, 6.45) is 2.05. The number of carbonyl (C=O) groups excluding carboxylic acids is 1. The summed E-state index contributed by atoms with van der Waals surface area (Å²) in [6.45, 7) is 6.16. The first-order chi connectivity index (χ1) is 16.6. The molecule has 0 saturated heterocycles. The number of benzene rings is 3. The molecule has 1 amide bonds. The summed E-state index contributed by atoms with van der Waals surface area (Å²) in [5.41, 5.74) is 11.8. The van der Waals surface area contributed by atoms with E-state index in [-0.39, 0.29) is 5.91 Å². The van der Waals surface area contributed by atoms with Crippen molar-refractivity contribution in [1.82, 2.24) is 5.32 Å². The van der Waals surface area contributed by atoms with E-state index < -0.39 is 0 Å². The lowest BCUT2D eigenvalue weighted by Crippen LogP contribution is -2.30. The molecule has 1 aliphatic heterocycles. The van der Waals surface area contributed by atoms with E-state index in [1.165, 1.54) is 4.90 Å². The Morgan fingerprint density at radius 2 is 1.85 bits per heavy atom. The molecule has 34 heavy (non-hydrogen) atoms. The highest BCUT2D eigenvalue weighted by molar-refractivity contribution is 7.98. The molecule has 0 aromatic heterocycles. The van der Waals surface area contributed by atoms with Crippen molar-refractivity contribution in [1.29, 1.82) is 0 Å². The maximum Gasteiger partial charge on any atom is 0.251 e. The van der Waals surface area contributed by atoms with Crippen LogP contribution in [0.3, 0.4) is 0 Å². The molecule has 6 nitrogen and oxygen atoms in total. The lowest BCUT2D eigenvalue weighted by molar-refractivity contribution is 0.0950. The fraction of sp³-hybridized carbons (Fsp3) is 0.296. The Morgan fingerprint density at radius 3 is 2.53 bits per heavy atom. The average molecular weight is 479 g/mol. The van der Waals surface area contributed by atoms with Crippen molar-refractivity contribution in [2.45, 2.75) is 31.8 Å². The van der Waals surface area contributed by atoms with Crippen molar-refractivity contribution in [3.05, 3.63) is 77.4 Å². The van der Waals surface area contributed by atoms with Crippen molar-refractivity contribution in [2.75, 3.05) is 36.7 Å². The Hall–Kier alpha value is -3.16. The Balaban J connectivity index is 0.00000158. The van der Waals surface area contributed by atoms with Gasteiger partial charge in [-0.05, 0) is 54.3 Å². The molecule has 180 valence electrons. The van der Waals surface area contributed by atoms with Crippen molar-refractivity contribution >= 4 is 34.7 Å². The minimum Gasteiger partial charge on any atom is -0.490 e. The van der Waals surface area contributed by atoms with E-state index in [1.807, 2.05) is 69.6 Å². The molecule has 0 saturated carbocycles. The smallest absolute Gasteiger partial charge is 0.251 e. The Morgan fingerprint density at radius 1 is 1.09 bits per heavy atom. The second kappa shape index (κ2) is 12.3. The van der Waals surface area contributed by atoms with Crippen LogP contribution in [0.2, 0.25) is 0 Å². The van der Waals surface area contributed by atoms with Gasteiger partial charge in [-0.25, -0.2) is 0 Å². The maximum atomic E-state index is 12.8. The van der Waals surface area contributed by atoms with E-state index in [1.54, 1.807) is 11.8 Å². The molecule has 7 heteroatoms. The van der Waals surface area contributed by atoms with Gasteiger partial charge in [0, 0.05) is 47.5 Å². The van der Waals surface area contributed by atoms with Crippen LogP contribution >= 0.6 is 11.8 Å². The van der Waals surface area contributed by atoms with Crippen LogP contribution in [0.15, 0.2) is 65.6 Å². The number of ether oxygens (including phenoxy) is 1. The van der Waals surface area contributed by atoms with Crippen LogP contribution in [0, 0.1) is 0 Å². The lowest BCUT2D eigenvalue weighted by atomic mass is 10.1. The number of hydrogen-bond acceptors (Lipinski definition) is 6. The van der Waals surface area contributed by atoms with Crippen molar-refractivity contribution in [3.8, 4) is 5.75 Å². The van der Waals surface area contributed by atoms with Gasteiger partial charge in [-0.1, -0.05) is 32.0 Å². The molecule has 0 spiro atoms. The van der Waals surface area contributed by atoms with Crippen molar-refractivity contribution in [2.24, 2.45) is 5.73 Å². The first-order valence-electron chi connectivity index (χ1n) is 11.6. The summed E-state index contributed by atoms with van der Waals surface area (Å²) >= 11 is 1.70. The summed E-state index contributed by atoms with van der Waals surface area (Å²) in [6, 6.07) is 19.9. The van der Waals surface area contributed by atoms with Gasteiger partial charge in [-0.3, -0.25) is 4.79 Å². The highest BCUT2D eigenvalue weighted by Gasteiger charge is 2.23. The summed E-state index contributed by atoms with van der Waals surface area (Å²) in [4.78, 5) is 16.2. The molecule has 0 unspecified atom stereocenters. The van der Waals surface area contributed by atoms with E-state index in [0.717, 1.165) is 28.2 Å². The topological polar surface area (TPSA) is 79.6 Å². The molecular weight excluding hydrogens is 444 g/mol. The third kappa shape index (κ3) is 5.66. The summed E-state index contributed by atoms with van der Waals surface area (Å²) in [7, 11) is 1.90. The number of rotatable bonds is 7. The number of nitrogens with one attached hydrogen (secondary N) is 2. The summed E-state index contributed by atoms with van der Waals surface area (Å²) < 4.78 is 5.91. The maximum absolute atomic E-state index is 12.8. The van der Waals surface area contributed by atoms with E-state index in [2.05, 4.69) is 33.7 Å². The minimum atomic E-state index is -0.123. The van der Waals surface area contributed by atoms with E-state index in [4.69, 9.17) is 10.5 Å². The van der Waals surface area contributed by atoms with Crippen LogP contribution in [0.4, 0.5) is 17.1 Å². The number of nitrogens with two attached hydrogens (primary N) is 1. The number of nitrogens with zero attached hydrogens (tertiary/aromatic N) is 1. The molecular formula is C27H34N4O2S. The molecule has 1 heterocycles. The Bertz CT molecular complexity index is 1100. The number of amides is 1. The molecule has 4 rings (SSSR count). The number of hydrogen-bond donors (Lipinski definition) is 3. The lowest BCUT2D eigenvalue weighted by Gasteiger charge is -2.33. The predicted octanol–water partition coefficient (Wildman–Crippen LogP) is 5.40. The van der Waals surface area contributed by atoms with Crippen LogP contribution in [-0.4, -0.2) is 32.4 Å². The SMILES string of the molecule is CC.CNc1cccc(N2CCOc3cc(C(=O)NCc4ccc(SC)cc4)ccc32)c1CN. The van der Waals surface area contributed by atoms with E-state index in [0.29, 0.717) is 37.6 Å².